The molecule has 0 fully saturated rings. The molecule has 1 aromatic heterocycles. The van der Waals surface area contributed by atoms with Gasteiger partial charge >= 0.3 is 18.0 Å². The van der Waals surface area contributed by atoms with E-state index in [-0.39, 0.29) is 24.9 Å². The number of hydrogen-bond donors (Lipinski definition) is 5. The maximum Gasteiger partial charge on any atom is 0.326 e. The molecule has 0 spiro atoms. The van der Waals surface area contributed by atoms with Crippen LogP contribution in [-0.4, -0.2) is 58.2 Å². The molecule has 0 saturated heterocycles. The summed E-state index contributed by atoms with van der Waals surface area (Å²) in [5.74, 6) is -3.84. The third-order valence-electron chi connectivity index (χ3n) is 3.68. The minimum atomic E-state index is -1.31. The Hall–Kier alpha value is -3.24. The van der Waals surface area contributed by atoms with Crippen LogP contribution in [0.15, 0.2) is 18.3 Å². The van der Waals surface area contributed by atoms with Gasteiger partial charge in [0.05, 0.1) is 5.56 Å². The number of rotatable bonds is 12. The van der Waals surface area contributed by atoms with Gasteiger partial charge in [-0.25, -0.2) is 14.6 Å². The standard InChI is InChI=1S/C17H23FN4O6/c18-14-11(5-4-10-19-14)15(25)20-8-2-1-3-9-21-17(28)22-12(16(26)27)6-7-13(23)24/h4-5,10,12H,1-3,6-9H2,(H,20,25)(H,23,24)(H,26,27)(H2,21,22,28)/t12-/m0/s1/i18-1. The van der Waals surface area contributed by atoms with Crippen molar-refractivity contribution in [1.82, 2.24) is 20.9 Å². The summed E-state index contributed by atoms with van der Waals surface area (Å²) in [5, 5.41) is 24.8. The average molecular weight is 397 g/mol. The number of aromatic nitrogens is 1. The maximum absolute atomic E-state index is 13.3. The van der Waals surface area contributed by atoms with E-state index < -0.39 is 35.9 Å². The number of carboxylic acids is 2. The van der Waals surface area contributed by atoms with Gasteiger partial charge in [-0.15, -0.1) is 0 Å². The molecular weight excluding hydrogens is 374 g/mol. The molecule has 154 valence electrons. The van der Waals surface area contributed by atoms with Gasteiger partial charge in [-0.2, -0.15) is 4.39 Å². The molecule has 10 nitrogen and oxygen atoms in total. The number of nitrogens with zero attached hydrogens (tertiary/aromatic N) is 1. The van der Waals surface area contributed by atoms with Gasteiger partial charge in [0.15, 0.2) is 0 Å². The third kappa shape index (κ3) is 8.92. The van der Waals surface area contributed by atoms with E-state index in [0.717, 1.165) is 0 Å². The predicted octanol–water partition coefficient (Wildman–Crippen LogP) is 0.738. The molecule has 28 heavy (non-hydrogen) atoms. The number of carboxylic acid groups (broad SMARTS) is 2. The number of urea groups is 1. The van der Waals surface area contributed by atoms with Gasteiger partial charge in [-0.05, 0) is 37.8 Å². The molecule has 0 aliphatic rings. The van der Waals surface area contributed by atoms with Crippen LogP contribution in [0.2, 0.25) is 0 Å². The van der Waals surface area contributed by atoms with E-state index in [9.17, 15) is 23.6 Å². The highest BCUT2D eigenvalue weighted by molar-refractivity contribution is 5.94. The Morgan fingerprint density at radius 1 is 1.07 bits per heavy atom. The summed E-state index contributed by atoms with van der Waals surface area (Å²) in [4.78, 5) is 48.2. The van der Waals surface area contributed by atoms with E-state index in [1.165, 1.54) is 18.3 Å². The molecule has 1 atom stereocenters. The van der Waals surface area contributed by atoms with Crippen molar-refractivity contribution < 1.29 is 33.8 Å². The molecule has 0 radical (unpaired) electrons. The van der Waals surface area contributed by atoms with E-state index in [2.05, 4.69) is 20.9 Å². The van der Waals surface area contributed by atoms with Gasteiger partial charge in [0, 0.05) is 25.7 Å². The number of carbonyl (C=O) groups is 4. The highest BCUT2D eigenvalue weighted by atomic mass is 18.2. The second-order valence-electron chi connectivity index (χ2n) is 5.88. The molecule has 3 amide bonds. The normalized spacial score (nSPS) is 11.3. The van der Waals surface area contributed by atoms with E-state index >= 15 is 0 Å². The zero-order valence-electron chi connectivity index (χ0n) is 15.1. The smallest absolute Gasteiger partial charge is 0.326 e. The number of hydrogen-bond acceptors (Lipinski definition) is 5. The molecule has 0 saturated carbocycles. The van der Waals surface area contributed by atoms with Gasteiger partial charge in [0.25, 0.3) is 5.91 Å². The quantitative estimate of drug-likeness (QED) is 0.257. The Morgan fingerprint density at radius 2 is 1.75 bits per heavy atom. The molecule has 5 N–H and O–H groups in total. The van der Waals surface area contributed by atoms with Crippen molar-refractivity contribution in [2.75, 3.05) is 13.1 Å². The molecule has 0 aliphatic heterocycles. The lowest BCUT2D eigenvalue weighted by atomic mass is 10.1. The number of nitrogens with one attached hydrogen (secondary N) is 3. The van der Waals surface area contributed by atoms with Crippen LogP contribution < -0.4 is 16.0 Å². The van der Waals surface area contributed by atoms with Gasteiger partial charge in [0.1, 0.15) is 6.04 Å². The second-order valence-corrected chi connectivity index (χ2v) is 5.88. The first kappa shape index (κ1) is 22.8. The average Bonchev–Trinajstić information content (AvgIpc) is 2.64. The fourth-order valence-corrected chi connectivity index (χ4v) is 2.22. The highest BCUT2D eigenvalue weighted by Gasteiger charge is 2.20. The van der Waals surface area contributed by atoms with E-state index in [1.54, 1.807) is 0 Å². The van der Waals surface area contributed by atoms with Crippen LogP contribution >= 0.6 is 0 Å². The Balaban J connectivity index is 2.15. The lowest BCUT2D eigenvalue weighted by Crippen LogP contribution is -2.46. The van der Waals surface area contributed by atoms with Crippen LogP contribution in [-0.2, 0) is 9.59 Å². The molecule has 1 heterocycles. The molecule has 11 heteroatoms. The fourth-order valence-electron chi connectivity index (χ4n) is 2.22. The summed E-state index contributed by atoms with van der Waals surface area (Å²) < 4.78 is 13.3. The summed E-state index contributed by atoms with van der Waals surface area (Å²) in [7, 11) is 0. The SMILES string of the molecule is O=C(O)CC[C@H](NC(=O)NCCCCCNC(=O)c1cccnc1[18F])C(=O)O. The van der Waals surface area contributed by atoms with E-state index in [1.807, 2.05) is 0 Å². The van der Waals surface area contributed by atoms with Crippen molar-refractivity contribution in [1.29, 1.82) is 0 Å². The number of pyridine rings is 1. The maximum atomic E-state index is 13.3. The Bertz CT molecular complexity index is 700. The molecule has 1 aromatic rings. The van der Waals surface area contributed by atoms with Crippen molar-refractivity contribution >= 4 is 23.9 Å². The van der Waals surface area contributed by atoms with Gasteiger partial charge in [0.2, 0.25) is 5.95 Å². The number of unbranched alkanes of at least 4 members (excludes halogenated alkanes) is 2. The molecular formula is C17H23FN4O6. The van der Waals surface area contributed by atoms with Crippen molar-refractivity contribution in [3.8, 4) is 0 Å². The largest absolute Gasteiger partial charge is 0.481 e. The Labute approximate surface area is 160 Å². The van der Waals surface area contributed by atoms with Crippen LogP contribution in [0.4, 0.5) is 9.18 Å². The van der Waals surface area contributed by atoms with Crippen molar-refractivity contribution in [3.63, 3.8) is 0 Å². The number of aliphatic carboxylic acids is 2. The number of halogens is 1. The van der Waals surface area contributed by atoms with Crippen LogP contribution in [0.1, 0.15) is 42.5 Å². The first-order valence-corrected chi connectivity index (χ1v) is 8.69. The van der Waals surface area contributed by atoms with E-state index in [0.29, 0.717) is 25.8 Å². The molecule has 0 aromatic carbocycles. The summed E-state index contributed by atoms with van der Waals surface area (Å²) in [6.45, 7) is 0.609. The predicted molar refractivity (Wildman–Crippen MR) is 95.2 cm³/mol. The summed E-state index contributed by atoms with van der Waals surface area (Å²) in [5.41, 5.74) is -0.128. The molecule has 0 unspecified atom stereocenters. The zero-order valence-corrected chi connectivity index (χ0v) is 15.1. The van der Waals surface area contributed by atoms with Crippen LogP contribution in [0, 0.1) is 5.95 Å². The Morgan fingerprint density at radius 3 is 2.36 bits per heavy atom. The fraction of sp³-hybridized carbons (Fsp3) is 0.471. The summed E-state index contributed by atoms with van der Waals surface area (Å²) in [6.07, 6.45) is 2.52. The zero-order chi connectivity index (χ0) is 20.9. The monoisotopic (exact) mass is 397 g/mol. The van der Waals surface area contributed by atoms with Crippen molar-refractivity contribution in [2.24, 2.45) is 0 Å². The van der Waals surface area contributed by atoms with Crippen LogP contribution in [0.3, 0.4) is 0 Å². The molecule has 1 rings (SSSR count). The second kappa shape index (κ2) is 12.2. The minimum Gasteiger partial charge on any atom is -0.481 e. The number of amides is 3. The van der Waals surface area contributed by atoms with Crippen LogP contribution in [0.25, 0.3) is 0 Å². The van der Waals surface area contributed by atoms with Crippen molar-refractivity contribution in [2.45, 2.75) is 38.1 Å². The van der Waals surface area contributed by atoms with E-state index in [4.69, 9.17) is 10.2 Å². The first-order valence-electron chi connectivity index (χ1n) is 8.69. The van der Waals surface area contributed by atoms with Crippen LogP contribution in [0.5, 0.6) is 0 Å². The number of carbonyl (C=O) groups excluding carboxylic acids is 2. The Kier molecular flexibility index (Phi) is 9.94. The lowest BCUT2D eigenvalue weighted by Gasteiger charge is -2.14. The van der Waals surface area contributed by atoms with Gasteiger partial charge < -0.3 is 26.2 Å². The first-order chi connectivity index (χ1) is 13.3. The molecule has 0 aliphatic carbocycles. The highest BCUT2D eigenvalue weighted by Crippen LogP contribution is 2.03. The van der Waals surface area contributed by atoms with Crippen molar-refractivity contribution in [3.05, 3.63) is 29.8 Å². The third-order valence-corrected chi connectivity index (χ3v) is 3.68. The topological polar surface area (TPSA) is 158 Å². The lowest BCUT2D eigenvalue weighted by molar-refractivity contribution is -0.140. The van der Waals surface area contributed by atoms with Gasteiger partial charge in [-0.3, -0.25) is 9.59 Å². The minimum absolute atomic E-state index is 0.128. The summed E-state index contributed by atoms with van der Waals surface area (Å²) >= 11 is 0. The molecule has 0 bridgehead atoms. The summed E-state index contributed by atoms with van der Waals surface area (Å²) in [6, 6.07) is 0.823. The van der Waals surface area contributed by atoms with Gasteiger partial charge in [-0.1, -0.05) is 0 Å².